The zero-order valence-electron chi connectivity index (χ0n) is 10.8. The van der Waals surface area contributed by atoms with E-state index in [1.54, 1.807) is 0 Å². The minimum Gasteiger partial charge on any atom is -0.465 e. The van der Waals surface area contributed by atoms with Crippen LogP contribution in [-0.2, 0) is 9.53 Å². The van der Waals surface area contributed by atoms with Crippen LogP contribution < -0.4 is 5.32 Å². The average molecular weight is 240 g/mol. The van der Waals surface area contributed by atoms with Crippen LogP contribution in [0, 0.1) is 11.8 Å². The number of rotatable bonds is 3. The van der Waals surface area contributed by atoms with Gasteiger partial charge in [0.2, 0.25) is 0 Å². The number of piperidine rings is 2. The van der Waals surface area contributed by atoms with Crippen LogP contribution in [0.3, 0.4) is 0 Å². The molecule has 4 nitrogen and oxygen atoms in total. The summed E-state index contributed by atoms with van der Waals surface area (Å²) in [6.07, 6.45) is 4.20. The molecule has 0 spiro atoms. The first-order valence-corrected chi connectivity index (χ1v) is 6.81. The van der Waals surface area contributed by atoms with E-state index in [1.807, 2.05) is 0 Å². The molecule has 0 aromatic carbocycles. The van der Waals surface area contributed by atoms with Crippen molar-refractivity contribution in [2.24, 2.45) is 11.8 Å². The van der Waals surface area contributed by atoms with Crippen LogP contribution in [0.4, 0.5) is 0 Å². The lowest BCUT2D eigenvalue weighted by Gasteiger charge is -2.29. The highest BCUT2D eigenvalue weighted by atomic mass is 16.5. The van der Waals surface area contributed by atoms with Gasteiger partial charge in [-0.2, -0.15) is 0 Å². The summed E-state index contributed by atoms with van der Waals surface area (Å²) >= 11 is 0. The van der Waals surface area contributed by atoms with E-state index in [0.29, 0.717) is 12.5 Å². The number of hydrogen-bond donors (Lipinski definition) is 1. The van der Waals surface area contributed by atoms with E-state index in [1.165, 1.54) is 0 Å². The average Bonchev–Trinajstić information content (AvgIpc) is 2.39. The molecule has 2 aliphatic heterocycles. The van der Waals surface area contributed by atoms with Gasteiger partial charge in [-0.15, -0.1) is 0 Å². The lowest BCUT2D eigenvalue weighted by Crippen LogP contribution is -2.35. The number of carbonyl (C=O) groups is 1. The molecule has 0 saturated carbocycles. The molecule has 0 bridgehead atoms. The monoisotopic (exact) mass is 240 g/mol. The van der Waals surface area contributed by atoms with Crippen molar-refractivity contribution in [3.63, 3.8) is 0 Å². The largest absolute Gasteiger partial charge is 0.465 e. The van der Waals surface area contributed by atoms with Gasteiger partial charge in [-0.1, -0.05) is 0 Å². The molecule has 2 rings (SSSR count). The minimum absolute atomic E-state index is 0.0328. The smallest absolute Gasteiger partial charge is 0.309 e. The first-order chi connectivity index (χ1) is 8.25. The fourth-order valence-corrected chi connectivity index (χ4v) is 2.60. The molecule has 0 amide bonds. The topological polar surface area (TPSA) is 41.6 Å². The first-order valence-electron chi connectivity index (χ1n) is 6.81. The molecule has 98 valence electrons. The van der Waals surface area contributed by atoms with Crippen LogP contribution in [0.25, 0.3) is 0 Å². The van der Waals surface area contributed by atoms with Crippen molar-refractivity contribution >= 4 is 5.97 Å². The van der Waals surface area contributed by atoms with Crippen molar-refractivity contribution < 1.29 is 9.53 Å². The predicted octanol–water partition coefficient (Wildman–Crippen LogP) is 0.871. The van der Waals surface area contributed by atoms with E-state index in [9.17, 15) is 4.79 Å². The predicted molar refractivity (Wildman–Crippen MR) is 66.8 cm³/mol. The summed E-state index contributed by atoms with van der Waals surface area (Å²) in [5.41, 5.74) is 0. The highest BCUT2D eigenvalue weighted by Crippen LogP contribution is 2.18. The third-order valence-electron chi connectivity index (χ3n) is 3.97. The lowest BCUT2D eigenvalue weighted by molar-refractivity contribution is -0.151. The fourth-order valence-electron chi connectivity index (χ4n) is 2.60. The Bertz CT molecular complexity index is 244. The number of ether oxygens (including phenoxy) is 1. The van der Waals surface area contributed by atoms with Gasteiger partial charge in [0.1, 0.15) is 0 Å². The van der Waals surface area contributed by atoms with E-state index >= 15 is 0 Å². The van der Waals surface area contributed by atoms with Gasteiger partial charge in [0, 0.05) is 0 Å². The molecule has 2 heterocycles. The van der Waals surface area contributed by atoms with Crippen molar-refractivity contribution in [2.45, 2.75) is 25.7 Å². The van der Waals surface area contributed by atoms with Crippen molar-refractivity contribution in [3.05, 3.63) is 0 Å². The van der Waals surface area contributed by atoms with Gasteiger partial charge < -0.3 is 15.0 Å². The van der Waals surface area contributed by atoms with E-state index in [0.717, 1.165) is 51.9 Å². The number of nitrogens with one attached hydrogen (secondary N) is 1. The van der Waals surface area contributed by atoms with Crippen LogP contribution in [0.1, 0.15) is 25.7 Å². The lowest BCUT2D eigenvalue weighted by atomic mass is 9.97. The van der Waals surface area contributed by atoms with E-state index in [4.69, 9.17) is 4.74 Å². The SMILES string of the molecule is CN1CCC(COC(=O)C2CCNCC2)CC1. The number of hydrogen-bond acceptors (Lipinski definition) is 4. The van der Waals surface area contributed by atoms with Crippen molar-refractivity contribution in [2.75, 3.05) is 39.8 Å². The van der Waals surface area contributed by atoms with E-state index in [2.05, 4.69) is 17.3 Å². The molecule has 0 aromatic heterocycles. The molecule has 1 N–H and O–H groups in total. The van der Waals surface area contributed by atoms with Gasteiger partial charge in [0.25, 0.3) is 0 Å². The zero-order chi connectivity index (χ0) is 12.1. The van der Waals surface area contributed by atoms with Gasteiger partial charge in [-0.25, -0.2) is 0 Å². The molecular weight excluding hydrogens is 216 g/mol. The molecule has 0 aliphatic carbocycles. The molecule has 0 unspecified atom stereocenters. The van der Waals surface area contributed by atoms with Gasteiger partial charge >= 0.3 is 5.97 Å². The molecular formula is C13H24N2O2. The summed E-state index contributed by atoms with van der Waals surface area (Å²) in [5.74, 6) is 0.754. The Labute approximate surface area is 104 Å². The molecule has 2 aliphatic rings. The maximum atomic E-state index is 11.8. The minimum atomic E-state index is 0.0328. The molecule has 2 saturated heterocycles. The Morgan fingerprint density at radius 2 is 1.88 bits per heavy atom. The molecule has 0 radical (unpaired) electrons. The molecule has 2 fully saturated rings. The molecule has 17 heavy (non-hydrogen) atoms. The Morgan fingerprint density at radius 3 is 2.53 bits per heavy atom. The number of nitrogens with zero attached hydrogens (tertiary/aromatic N) is 1. The van der Waals surface area contributed by atoms with Crippen LogP contribution in [0.5, 0.6) is 0 Å². The van der Waals surface area contributed by atoms with E-state index in [-0.39, 0.29) is 11.9 Å². The summed E-state index contributed by atoms with van der Waals surface area (Å²) < 4.78 is 5.47. The summed E-state index contributed by atoms with van der Waals surface area (Å²) in [6, 6.07) is 0. The van der Waals surface area contributed by atoms with Gasteiger partial charge in [-0.05, 0) is 64.8 Å². The standard InChI is InChI=1S/C13H24N2O2/c1-15-8-4-11(5-9-15)10-17-13(16)12-2-6-14-7-3-12/h11-12,14H,2-10H2,1H3. The normalized spacial score (nSPS) is 24.8. The third kappa shape index (κ3) is 3.96. The van der Waals surface area contributed by atoms with Crippen LogP contribution in [0.2, 0.25) is 0 Å². The second-order valence-electron chi connectivity index (χ2n) is 5.40. The number of likely N-dealkylation sites (tertiary alicyclic amines) is 1. The summed E-state index contributed by atoms with van der Waals surface area (Å²) in [7, 11) is 2.15. The van der Waals surface area contributed by atoms with Crippen molar-refractivity contribution in [1.82, 2.24) is 10.2 Å². The summed E-state index contributed by atoms with van der Waals surface area (Å²) in [4.78, 5) is 14.2. The second-order valence-corrected chi connectivity index (χ2v) is 5.40. The second kappa shape index (κ2) is 6.36. The Balaban J connectivity index is 1.65. The summed E-state index contributed by atoms with van der Waals surface area (Å²) in [6.45, 7) is 4.81. The Kier molecular flexibility index (Phi) is 4.80. The van der Waals surface area contributed by atoms with Crippen LogP contribution >= 0.6 is 0 Å². The van der Waals surface area contributed by atoms with Crippen LogP contribution in [-0.4, -0.2) is 50.7 Å². The van der Waals surface area contributed by atoms with Gasteiger partial charge in [0.05, 0.1) is 12.5 Å². The number of carbonyl (C=O) groups excluding carboxylic acids is 1. The zero-order valence-corrected chi connectivity index (χ0v) is 10.8. The summed E-state index contributed by atoms with van der Waals surface area (Å²) in [5, 5.41) is 3.27. The highest BCUT2D eigenvalue weighted by Gasteiger charge is 2.24. The highest BCUT2D eigenvalue weighted by molar-refractivity contribution is 5.72. The maximum absolute atomic E-state index is 11.8. The molecule has 0 aromatic rings. The molecule has 4 heteroatoms. The Morgan fingerprint density at radius 1 is 1.24 bits per heavy atom. The maximum Gasteiger partial charge on any atom is 0.309 e. The van der Waals surface area contributed by atoms with Gasteiger partial charge in [0.15, 0.2) is 0 Å². The quantitative estimate of drug-likeness (QED) is 0.743. The van der Waals surface area contributed by atoms with Crippen molar-refractivity contribution in [1.29, 1.82) is 0 Å². The van der Waals surface area contributed by atoms with Crippen LogP contribution in [0.15, 0.2) is 0 Å². The third-order valence-corrected chi connectivity index (χ3v) is 3.97. The van der Waals surface area contributed by atoms with Crippen molar-refractivity contribution in [3.8, 4) is 0 Å². The Hall–Kier alpha value is -0.610. The first kappa shape index (κ1) is 12.8. The number of esters is 1. The molecule has 0 atom stereocenters. The van der Waals surface area contributed by atoms with E-state index < -0.39 is 0 Å². The fraction of sp³-hybridized carbons (Fsp3) is 0.923. The van der Waals surface area contributed by atoms with Gasteiger partial charge in [-0.3, -0.25) is 4.79 Å².